The van der Waals surface area contributed by atoms with Crippen molar-refractivity contribution in [2.24, 2.45) is 5.92 Å². The zero-order valence-corrected chi connectivity index (χ0v) is 35.1. The van der Waals surface area contributed by atoms with Gasteiger partial charge in [-0.05, 0) is 101 Å². The molecule has 0 amide bonds. The first-order valence-corrected chi connectivity index (χ1v) is 19.7. The first-order chi connectivity index (χ1) is 23.5. The molecule has 0 bridgehead atoms. The Morgan fingerprint density at radius 2 is 1.35 bits per heavy atom. The molecule has 0 aliphatic heterocycles. The Kier molecular flexibility index (Phi) is 33.0. The van der Waals surface area contributed by atoms with E-state index in [1.54, 1.807) is 0 Å². The van der Waals surface area contributed by atoms with Gasteiger partial charge in [0.1, 0.15) is 0 Å². The number of unbranched alkanes of at least 4 members (excludes halogenated alkanes) is 1. The molecule has 3 rings (SSSR count). The summed E-state index contributed by atoms with van der Waals surface area (Å²) < 4.78 is 0. The van der Waals surface area contributed by atoms with Gasteiger partial charge in [0.15, 0.2) is 0 Å². The van der Waals surface area contributed by atoms with Crippen molar-refractivity contribution in [2.45, 2.75) is 167 Å². The van der Waals surface area contributed by atoms with E-state index in [0.29, 0.717) is 11.8 Å². The van der Waals surface area contributed by atoms with Crippen molar-refractivity contribution in [1.82, 2.24) is 5.32 Å². The van der Waals surface area contributed by atoms with E-state index in [1.165, 1.54) is 89.5 Å². The van der Waals surface area contributed by atoms with Crippen molar-refractivity contribution in [3.63, 3.8) is 0 Å². The fraction of sp³-hybridized carbons (Fsp3) is 0.542. The van der Waals surface area contributed by atoms with Crippen LogP contribution < -0.4 is 5.32 Å². The number of nitrogens with one attached hydrogen (secondary N) is 1. The Morgan fingerprint density at radius 3 is 1.71 bits per heavy atom. The van der Waals surface area contributed by atoms with E-state index in [2.05, 4.69) is 136 Å². The summed E-state index contributed by atoms with van der Waals surface area (Å²) in [5.41, 5.74) is 11.7. The zero-order valence-electron chi connectivity index (χ0n) is 35.1. The lowest BCUT2D eigenvalue weighted by molar-refractivity contribution is 0.448. The van der Waals surface area contributed by atoms with E-state index in [9.17, 15) is 0 Å². The number of benzene rings is 2. The Labute approximate surface area is 308 Å². The topological polar surface area (TPSA) is 12.0 Å². The van der Waals surface area contributed by atoms with Crippen LogP contribution in [0, 0.1) is 12.8 Å². The van der Waals surface area contributed by atoms with Crippen molar-refractivity contribution in [3.05, 3.63) is 131 Å². The van der Waals surface area contributed by atoms with Crippen molar-refractivity contribution in [1.29, 1.82) is 0 Å². The molecule has 2 aromatic carbocycles. The lowest BCUT2D eigenvalue weighted by Gasteiger charge is -2.32. The molecule has 0 radical (unpaired) electrons. The van der Waals surface area contributed by atoms with E-state index in [4.69, 9.17) is 0 Å². The van der Waals surface area contributed by atoms with Crippen molar-refractivity contribution in [2.75, 3.05) is 0 Å². The second-order valence-electron chi connectivity index (χ2n) is 12.5. The summed E-state index contributed by atoms with van der Waals surface area (Å²) >= 11 is 0. The van der Waals surface area contributed by atoms with Crippen LogP contribution >= 0.6 is 0 Å². The zero-order chi connectivity index (χ0) is 38.4. The average molecular weight is 672 g/mol. The van der Waals surface area contributed by atoms with Crippen molar-refractivity contribution in [3.8, 4) is 0 Å². The predicted molar refractivity (Wildman–Crippen MR) is 229 cm³/mol. The van der Waals surface area contributed by atoms with Gasteiger partial charge in [0.05, 0.1) is 6.04 Å². The van der Waals surface area contributed by atoms with Gasteiger partial charge in [-0.2, -0.15) is 0 Å². The van der Waals surface area contributed by atoms with Gasteiger partial charge in [-0.3, -0.25) is 0 Å². The molecule has 1 saturated carbocycles. The van der Waals surface area contributed by atoms with Gasteiger partial charge < -0.3 is 5.32 Å². The molecule has 1 aliphatic rings. The third-order valence-corrected chi connectivity index (χ3v) is 8.74. The van der Waals surface area contributed by atoms with Crippen LogP contribution in [0.25, 0.3) is 0 Å². The minimum atomic E-state index is 0.118. The summed E-state index contributed by atoms with van der Waals surface area (Å²) in [5, 5.41) is 3.83. The van der Waals surface area contributed by atoms with E-state index in [0.717, 1.165) is 18.5 Å². The van der Waals surface area contributed by atoms with Gasteiger partial charge in [-0.25, -0.2) is 0 Å². The third kappa shape index (κ3) is 20.9. The van der Waals surface area contributed by atoms with E-state index < -0.39 is 0 Å². The van der Waals surface area contributed by atoms with Gasteiger partial charge in [-0.1, -0.05) is 178 Å². The number of aryl methyl sites for hydroxylation is 2. The molecule has 0 heterocycles. The maximum atomic E-state index is 4.58. The predicted octanol–water partition coefficient (Wildman–Crippen LogP) is 16.0. The summed E-state index contributed by atoms with van der Waals surface area (Å²) in [6.45, 7) is 45.5. The molecule has 1 N–H and O–H groups in total. The van der Waals surface area contributed by atoms with Crippen LogP contribution in [0.5, 0.6) is 0 Å². The molecular weight excluding hydrogens is 591 g/mol. The Hall–Kier alpha value is -3.06. The molecule has 2 aromatic rings. The minimum absolute atomic E-state index is 0.118. The van der Waals surface area contributed by atoms with Crippen LogP contribution in [0.1, 0.15) is 176 Å². The molecule has 1 aliphatic carbocycles. The standard InChI is InChI=1S/C28H37N.C7H12.C7H14.3C2H6/c1-6-20(3)28(26-15-11-8-12-21(26)4)29-22(5)27(24-13-9-10-14-24)25-18-16-23(7-2)17-19-25;1-5-7(4)6(2)3;1-4-5-6-7(2)3;3*1-2/h8,11-12,15-19,24,27-29H,3,5-7,9-10,13-14H2,1-2,4H3;5H,1H2,2-4H3;2,4-6H2,1,3H3;3*1-2H3. The summed E-state index contributed by atoms with van der Waals surface area (Å²) in [5.74, 6) is 1.04. The highest BCUT2D eigenvalue weighted by molar-refractivity contribution is 5.37. The molecule has 278 valence electrons. The molecule has 0 saturated heterocycles. The fourth-order valence-electron chi connectivity index (χ4n) is 5.48. The van der Waals surface area contributed by atoms with E-state index in [-0.39, 0.29) is 6.04 Å². The summed E-state index contributed by atoms with van der Waals surface area (Å²) in [4.78, 5) is 0. The number of hydrogen-bond acceptors (Lipinski definition) is 1. The highest BCUT2D eigenvalue weighted by atomic mass is 14.9. The molecule has 1 heteroatoms. The van der Waals surface area contributed by atoms with E-state index in [1.807, 2.05) is 47.6 Å². The van der Waals surface area contributed by atoms with E-state index >= 15 is 0 Å². The Bertz CT molecular complexity index is 1170. The first kappa shape index (κ1) is 50.3. The maximum Gasteiger partial charge on any atom is 0.0724 e. The monoisotopic (exact) mass is 672 g/mol. The second kappa shape index (κ2) is 32.2. The fourth-order valence-corrected chi connectivity index (χ4v) is 5.48. The van der Waals surface area contributed by atoms with Gasteiger partial charge in [0, 0.05) is 11.6 Å². The number of rotatable bonds is 13. The largest absolute Gasteiger partial charge is 0.378 e. The van der Waals surface area contributed by atoms with Crippen LogP contribution in [0.2, 0.25) is 0 Å². The SMILES string of the molecule is C=C(C)CCCC.C=C(CC)C(NC(=C)C(c1ccc(CC)cc1)C1CCCC1)c1ccccc1C.C=CC(C)=C(C)C.CC.CC.CC. The van der Waals surface area contributed by atoms with Crippen LogP contribution in [0.15, 0.2) is 109 Å². The van der Waals surface area contributed by atoms with Gasteiger partial charge in [0.2, 0.25) is 0 Å². The van der Waals surface area contributed by atoms with Crippen LogP contribution in [-0.4, -0.2) is 0 Å². The second-order valence-corrected chi connectivity index (χ2v) is 12.5. The molecular formula is C48H81N. The molecule has 2 atom stereocenters. The maximum absolute atomic E-state index is 4.58. The van der Waals surface area contributed by atoms with Crippen molar-refractivity contribution < 1.29 is 0 Å². The molecule has 49 heavy (non-hydrogen) atoms. The highest BCUT2D eigenvalue weighted by Gasteiger charge is 2.30. The third-order valence-electron chi connectivity index (χ3n) is 8.74. The molecule has 0 aromatic heterocycles. The van der Waals surface area contributed by atoms with Crippen LogP contribution in [0.4, 0.5) is 0 Å². The molecule has 2 unspecified atom stereocenters. The average Bonchev–Trinajstić information content (AvgIpc) is 3.67. The highest BCUT2D eigenvalue weighted by Crippen LogP contribution is 2.42. The molecule has 1 fully saturated rings. The lowest BCUT2D eigenvalue weighted by Crippen LogP contribution is -2.28. The van der Waals surface area contributed by atoms with Crippen LogP contribution in [0.3, 0.4) is 0 Å². The summed E-state index contributed by atoms with van der Waals surface area (Å²) in [6.07, 6.45) is 13.0. The van der Waals surface area contributed by atoms with Crippen LogP contribution in [-0.2, 0) is 6.42 Å². The molecule has 1 nitrogen and oxygen atoms in total. The Balaban J connectivity index is -0.000000874. The Morgan fingerprint density at radius 1 is 0.816 bits per heavy atom. The van der Waals surface area contributed by atoms with Gasteiger partial charge >= 0.3 is 0 Å². The van der Waals surface area contributed by atoms with Gasteiger partial charge in [-0.15, -0.1) is 6.58 Å². The van der Waals surface area contributed by atoms with Gasteiger partial charge in [0.25, 0.3) is 0 Å². The first-order valence-electron chi connectivity index (χ1n) is 19.7. The number of hydrogen-bond donors (Lipinski definition) is 1. The molecule has 0 spiro atoms. The number of allylic oxidation sites excluding steroid dienone is 5. The lowest BCUT2D eigenvalue weighted by atomic mass is 9.81. The quantitative estimate of drug-likeness (QED) is 0.165. The normalized spacial score (nSPS) is 12.4. The minimum Gasteiger partial charge on any atom is -0.378 e. The summed E-state index contributed by atoms with van der Waals surface area (Å²) in [6, 6.07) is 18.0. The smallest absolute Gasteiger partial charge is 0.0724 e. The summed E-state index contributed by atoms with van der Waals surface area (Å²) in [7, 11) is 0. The van der Waals surface area contributed by atoms with Crippen molar-refractivity contribution >= 4 is 0 Å².